The molecule has 0 spiro atoms. The van der Waals surface area contributed by atoms with Crippen molar-refractivity contribution in [2.75, 3.05) is 0 Å². The molecule has 106 valence electrons. The van der Waals surface area contributed by atoms with E-state index in [1.54, 1.807) is 36.4 Å². The number of nitriles is 1. The summed E-state index contributed by atoms with van der Waals surface area (Å²) in [7, 11) is 0. The molecule has 1 unspecified atom stereocenters. The molecular weight excluding hydrogens is 273 g/mol. The molecule has 0 heterocycles. The number of nitrogens with two attached hydrogens (primary N) is 1. The largest absolute Gasteiger partial charge is 0.474 e. The molecule has 2 aromatic carbocycles. The minimum atomic E-state index is -1.08. The van der Waals surface area contributed by atoms with Crippen molar-refractivity contribution in [3.05, 3.63) is 65.5 Å². The number of hydrazine groups is 1. The Morgan fingerprint density at radius 3 is 2.57 bits per heavy atom. The quantitative estimate of drug-likeness (QED) is 0.509. The highest BCUT2D eigenvalue weighted by atomic mass is 19.1. The smallest absolute Gasteiger partial charge is 0.279 e. The Bertz CT molecular complexity index is 683. The molecule has 21 heavy (non-hydrogen) atoms. The first-order valence-electron chi connectivity index (χ1n) is 6.08. The zero-order valence-electron chi connectivity index (χ0n) is 10.9. The molecule has 6 heteroatoms. The Morgan fingerprint density at radius 2 is 1.95 bits per heavy atom. The highest BCUT2D eigenvalue weighted by molar-refractivity contribution is 5.82. The van der Waals surface area contributed by atoms with E-state index in [1.807, 2.05) is 5.43 Å². The van der Waals surface area contributed by atoms with Gasteiger partial charge in [0.1, 0.15) is 23.2 Å². The Balaban J connectivity index is 2.40. The van der Waals surface area contributed by atoms with Crippen LogP contribution in [0, 0.1) is 17.1 Å². The zero-order valence-corrected chi connectivity index (χ0v) is 10.9. The van der Waals surface area contributed by atoms with Gasteiger partial charge in [-0.1, -0.05) is 36.4 Å². The van der Waals surface area contributed by atoms with Crippen molar-refractivity contribution in [2.24, 2.45) is 5.84 Å². The van der Waals surface area contributed by atoms with Crippen molar-refractivity contribution in [1.82, 2.24) is 5.43 Å². The number of benzene rings is 2. The maximum atomic E-state index is 13.6. The normalized spacial score (nSPS) is 11.3. The minimum absolute atomic E-state index is 0.0186. The van der Waals surface area contributed by atoms with Crippen molar-refractivity contribution in [1.29, 1.82) is 5.26 Å². The number of halogens is 1. The topological polar surface area (TPSA) is 88.1 Å². The first kappa shape index (κ1) is 14.5. The minimum Gasteiger partial charge on any atom is -0.474 e. The van der Waals surface area contributed by atoms with Crippen LogP contribution in [0.4, 0.5) is 4.39 Å². The Kier molecular flexibility index (Phi) is 4.49. The molecule has 0 saturated heterocycles. The van der Waals surface area contributed by atoms with Crippen LogP contribution in [0.1, 0.15) is 17.2 Å². The monoisotopic (exact) mass is 285 g/mol. The van der Waals surface area contributed by atoms with Crippen molar-refractivity contribution in [3.8, 4) is 11.8 Å². The summed E-state index contributed by atoms with van der Waals surface area (Å²) in [6.45, 7) is 0. The van der Waals surface area contributed by atoms with E-state index in [1.165, 1.54) is 12.1 Å². The third-order valence-corrected chi connectivity index (χ3v) is 2.81. The Labute approximate surface area is 120 Å². The van der Waals surface area contributed by atoms with E-state index in [-0.39, 0.29) is 11.3 Å². The molecular formula is C15H12FN3O2. The van der Waals surface area contributed by atoms with Gasteiger partial charge in [-0.25, -0.2) is 10.2 Å². The summed E-state index contributed by atoms with van der Waals surface area (Å²) in [5.41, 5.74) is 2.27. The number of nitrogens with zero attached hydrogens (tertiary/aromatic N) is 1. The van der Waals surface area contributed by atoms with Gasteiger partial charge in [-0.2, -0.15) is 5.26 Å². The molecule has 2 rings (SSSR count). The molecule has 0 aliphatic rings. The third kappa shape index (κ3) is 3.16. The fourth-order valence-electron chi connectivity index (χ4n) is 1.81. The summed E-state index contributed by atoms with van der Waals surface area (Å²) in [5.74, 6) is 3.81. The van der Waals surface area contributed by atoms with Gasteiger partial charge in [0.2, 0.25) is 6.10 Å². The summed E-state index contributed by atoms with van der Waals surface area (Å²) in [5, 5.41) is 8.98. The number of hydrogen-bond acceptors (Lipinski definition) is 4. The SMILES string of the molecule is N#Cc1c(F)cccc1OC(C(=O)NN)c1ccccc1. The average molecular weight is 285 g/mol. The number of hydrogen-bond donors (Lipinski definition) is 2. The van der Waals surface area contributed by atoms with Gasteiger partial charge in [-0.15, -0.1) is 0 Å². The lowest BCUT2D eigenvalue weighted by molar-refractivity contribution is -0.128. The second-order valence-electron chi connectivity index (χ2n) is 4.14. The fourth-order valence-corrected chi connectivity index (χ4v) is 1.81. The third-order valence-electron chi connectivity index (χ3n) is 2.81. The van der Waals surface area contributed by atoms with Crippen LogP contribution < -0.4 is 16.0 Å². The highest BCUT2D eigenvalue weighted by Gasteiger charge is 2.23. The van der Waals surface area contributed by atoms with Gasteiger partial charge < -0.3 is 4.74 Å². The van der Waals surface area contributed by atoms with E-state index in [0.717, 1.165) is 6.07 Å². The first-order chi connectivity index (χ1) is 10.2. The van der Waals surface area contributed by atoms with Gasteiger partial charge in [0.25, 0.3) is 5.91 Å². The van der Waals surface area contributed by atoms with Crippen LogP contribution in [0.3, 0.4) is 0 Å². The summed E-state index contributed by atoms with van der Waals surface area (Å²) < 4.78 is 19.1. The maximum absolute atomic E-state index is 13.6. The fraction of sp³-hybridized carbons (Fsp3) is 0.0667. The predicted molar refractivity (Wildman–Crippen MR) is 73.3 cm³/mol. The van der Waals surface area contributed by atoms with Crippen LogP contribution in [0.15, 0.2) is 48.5 Å². The van der Waals surface area contributed by atoms with E-state index in [0.29, 0.717) is 5.56 Å². The van der Waals surface area contributed by atoms with E-state index in [2.05, 4.69) is 0 Å². The van der Waals surface area contributed by atoms with Crippen LogP contribution in [0.25, 0.3) is 0 Å². The number of nitrogens with one attached hydrogen (secondary N) is 1. The van der Waals surface area contributed by atoms with Gasteiger partial charge in [-0.3, -0.25) is 10.2 Å². The Hall–Kier alpha value is -2.91. The van der Waals surface area contributed by atoms with Gasteiger partial charge in [0.15, 0.2) is 0 Å². The van der Waals surface area contributed by atoms with E-state index < -0.39 is 17.8 Å². The molecule has 0 saturated carbocycles. The average Bonchev–Trinajstić information content (AvgIpc) is 2.53. The van der Waals surface area contributed by atoms with Crippen LogP contribution in [0.2, 0.25) is 0 Å². The summed E-state index contributed by atoms with van der Waals surface area (Å²) >= 11 is 0. The molecule has 2 aromatic rings. The van der Waals surface area contributed by atoms with Crippen LogP contribution in [-0.2, 0) is 4.79 Å². The molecule has 0 bridgehead atoms. The number of carbonyl (C=O) groups excluding carboxylic acids is 1. The molecule has 3 N–H and O–H groups in total. The number of rotatable bonds is 4. The molecule has 0 aliphatic heterocycles. The zero-order chi connectivity index (χ0) is 15.2. The number of amides is 1. The highest BCUT2D eigenvalue weighted by Crippen LogP contribution is 2.26. The lowest BCUT2D eigenvalue weighted by Gasteiger charge is -2.18. The van der Waals surface area contributed by atoms with Gasteiger partial charge in [-0.05, 0) is 12.1 Å². The van der Waals surface area contributed by atoms with E-state index >= 15 is 0 Å². The van der Waals surface area contributed by atoms with Crippen molar-refractivity contribution >= 4 is 5.91 Å². The van der Waals surface area contributed by atoms with Gasteiger partial charge in [0.05, 0.1) is 0 Å². The first-order valence-corrected chi connectivity index (χ1v) is 6.08. The molecule has 0 radical (unpaired) electrons. The summed E-state index contributed by atoms with van der Waals surface area (Å²) in [6.07, 6.45) is -1.08. The molecule has 1 atom stereocenters. The number of carbonyl (C=O) groups is 1. The van der Waals surface area contributed by atoms with Crippen molar-refractivity contribution in [2.45, 2.75) is 6.10 Å². The van der Waals surface area contributed by atoms with E-state index in [9.17, 15) is 9.18 Å². The molecule has 0 fully saturated rings. The van der Waals surface area contributed by atoms with Crippen molar-refractivity contribution in [3.63, 3.8) is 0 Å². The lowest BCUT2D eigenvalue weighted by atomic mass is 10.1. The van der Waals surface area contributed by atoms with Gasteiger partial charge in [0, 0.05) is 5.56 Å². The summed E-state index contributed by atoms with van der Waals surface area (Å²) in [4.78, 5) is 11.9. The second-order valence-corrected chi connectivity index (χ2v) is 4.14. The number of ether oxygens (including phenoxy) is 1. The molecule has 0 aromatic heterocycles. The standard InChI is InChI=1S/C15H12FN3O2/c16-12-7-4-8-13(11(12)9-17)21-14(15(20)19-18)10-5-2-1-3-6-10/h1-8,14H,18H2,(H,19,20). The van der Waals surface area contributed by atoms with Crippen LogP contribution >= 0.6 is 0 Å². The Morgan fingerprint density at radius 1 is 1.24 bits per heavy atom. The maximum Gasteiger partial charge on any atom is 0.279 e. The molecule has 0 aliphatic carbocycles. The predicted octanol–water partition coefficient (Wildman–Crippen LogP) is 1.81. The molecule has 1 amide bonds. The van der Waals surface area contributed by atoms with Crippen LogP contribution in [-0.4, -0.2) is 5.91 Å². The molecule has 5 nitrogen and oxygen atoms in total. The second kappa shape index (κ2) is 6.50. The van der Waals surface area contributed by atoms with Gasteiger partial charge >= 0.3 is 0 Å². The lowest BCUT2D eigenvalue weighted by Crippen LogP contribution is -2.37. The van der Waals surface area contributed by atoms with Crippen LogP contribution in [0.5, 0.6) is 5.75 Å². The van der Waals surface area contributed by atoms with E-state index in [4.69, 9.17) is 15.8 Å². The summed E-state index contributed by atoms with van der Waals surface area (Å²) in [6, 6.07) is 14.3. The van der Waals surface area contributed by atoms with Crippen molar-refractivity contribution < 1.29 is 13.9 Å².